The third-order valence-corrected chi connectivity index (χ3v) is 3.82. The van der Waals surface area contributed by atoms with E-state index in [9.17, 15) is 20.0 Å². The van der Waals surface area contributed by atoms with Crippen LogP contribution in [0.4, 0.5) is 16.2 Å². The van der Waals surface area contributed by atoms with E-state index in [-0.39, 0.29) is 17.8 Å². The first-order valence-corrected chi connectivity index (χ1v) is 6.95. The summed E-state index contributed by atoms with van der Waals surface area (Å²) in [5.74, 6) is 0. The first-order valence-electron chi connectivity index (χ1n) is 6.95. The molecule has 1 aliphatic carbocycles. The fraction of sp³-hybridized carbons (Fsp3) is 0.500. The number of likely N-dealkylation sites (N-methyl/N-ethyl adjacent to an activating group) is 1. The van der Waals surface area contributed by atoms with Crippen LogP contribution in [0, 0.1) is 10.1 Å². The highest BCUT2D eigenvalue weighted by molar-refractivity contribution is 5.89. The zero-order chi connectivity index (χ0) is 15.4. The molecular weight excluding hydrogens is 274 g/mol. The predicted octanol–water partition coefficient (Wildman–Crippen LogP) is 2.36. The molecule has 0 aliphatic heterocycles. The van der Waals surface area contributed by atoms with E-state index >= 15 is 0 Å². The zero-order valence-corrected chi connectivity index (χ0v) is 11.9. The summed E-state index contributed by atoms with van der Waals surface area (Å²) in [7, 11) is 1.63. The standard InChI is InChI=1S/C14H19N3O4/c1-16(12-7-2-3-8-13(12)18)14(19)15-10-5-4-6-11(9-10)17(20)21/h4-6,9,12-13,18H,2-3,7-8H2,1H3,(H,15,19). The number of benzene rings is 1. The number of anilines is 1. The molecule has 1 fully saturated rings. The molecule has 0 saturated heterocycles. The predicted molar refractivity (Wildman–Crippen MR) is 78.1 cm³/mol. The second-order valence-electron chi connectivity index (χ2n) is 5.27. The summed E-state index contributed by atoms with van der Waals surface area (Å²) in [6.07, 6.45) is 2.90. The third kappa shape index (κ3) is 3.69. The number of hydrogen-bond donors (Lipinski definition) is 2. The second-order valence-corrected chi connectivity index (χ2v) is 5.27. The molecule has 114 valence electrons. The van der Waals surface area contributed by atoms with Crippen LogP contribution in [0.1, 0.15) is 25.7 Å². The number of carbonyl (C=O) groups is 1. The average molecular weight is 293 g/mol. The lowest BCUT2D eigenvalue weighted by molar-refractivity contribution is -0.384. The molecule has 1 aliphatic rings. The van der Waals surface area contributed by atoms with Gasteiger partial charge in [-0.3, -0.25) is 10.1 Å². The number of amides is 2. The van der Waals surface area contributed by atoms with Crippen molar-refractivity contribution in [2.24, 2.45) is 0 Å². The van der Waals surface area contributed by atoms with Crippen LogP contribution in [0.25, 0.3) is 0 Å². The Balaban J connectivity index is 2.03. The molecule has 7 nitrogen and oxygen atoms in total. The SMILES string of the molecule is CN(C(=O)Nc1cccc([N+](=O)[O-])c1)C1CCCCC1O. The molecule has 2 unspecified atom stereocenters. The van der Waals surface area contributed by atoms with E-state index in [2.05, 4.69) is 5.32 Å². The molecule has 2 atom stereocenters. The van der Waals surface area contributed by atoms with Crippen LogP contribution in [-0.4, -0.2) is 40.2 Å². The maximum Gasteiger partial charge on any atom is 0.321 e. The number of aliphatic hydroxyl groups excluding tert-OH is 1. The van der Waals surface area contributed by atoms with Gasteiger partial charge < -0.3 is 15.3 Å². The fourth-order valence-corrected chi connectivity index (χ4v) is 2.60. The number of nitrogens with one attached hydrogen (secondary N) is 1. The van der Waals surface area contributed by atoms with Crippen molar-refractivity contribution in [3.8, 4) is 0 Å². The minimum Gasteiger partial charge on any atom is -0.391 e. The summed E-state index contributed by atoms with van der Waals surface area (Å²) in [5.41, 5.74) is 0.291. The Hall–Kier alpha value is -2.15. The van der Waals surface area contributed by atoms with E-state index < -0.39 is 11.0 Å². The summed E-state index contributed by atoms with van der Waals surface area (Å²) < 4.78 is 0. The Kier molecular flexibility index (Phi) is 4.74. The molecule has 1 saturated carbocycles. The topological polar surface area (TPSA) is 95.7 Å². The molecule has 7 heteroatoms. The number of carbonyl (C=O) groups excluding carboxylic acids is 1. The van der Waals surface area contributed by atoms with Gasteiger partial charge in [0.05, 0.1) is 17.1 Å². The number of non-ortho nitro benzene ring substituents is 1. The van der Waals surface area contributed by atoms with Gasteiger partial charge in [0.15, 0.2) is 0 Å². The zero-order valence-electron chi connectivity index (χ0n) is 11.9. The average Bonchev–Trinajstić information content (AvgIpc) is 2.47. The Labute approximate surface area is 122 Å². The number of nitrogens with zero attached hydrogens (tertiary/aromatic N) is 2. The summed E-state index contributed by atoms with van der Waals surface area (Å²) >= 11 is 0. The van der Waals surface area contributed by atoms with Crippen molar-refractivity contribution in [3.63, 3.8) is 0 Å². The first kappa shape index (κ1) is 15.2. The number of urea groups is 1. The van der Waals surface area contributed by atoms with Gasteiger partial charge in [0, 0.05) is 24.9 Å². The summed E-state index contributed by atoms with van der Waals surface area (Å²) in [6.45, 7) is 0. The van der Waals surface area contributed by atoms with E-state index in [1.807, 2.05) is 0 Å². The molecule has 1 aromatic carbocycles. The van der Waals surface area contributed by atoms with Gasteiger partial charge in [0.1, 0.15) is 0 Å². The molecule has 0 radical (unpaired) electrons. The Morgan fingerprint density at radius 2 is 2.14 bits per heavy atom. The highest BCUT2D eigenvalue weighted by Gasteiger charge is 2.29. The lowest BCUT2D eigenvalue weighted by atomic mass is 9.92. The molecule has 0 aromatic heterocycles. The van der Waals surface area contributed by atoms with Crippen molar-refractivity contribution >= 4 is 17.4 Å². The van der Waals surface area contributed by atoms with Gasteiger partial charge in [-0.05, 0) is 18.9 Å². The smallest absolute Gasteiger partial charge is 0.321 e. The van der Waals surface area contributed by atoms with Gasteiger partial charge in [-0.15, -0.1) is 0 Å². The third-order valence-electron chi connectivity index (χ3n) is 3.82. The number of aliphatic hydroxyl groups is 1. The summed E-state index contributed by atoms with van der Waals surface area (Å²) in [4.78, 5) is 23.8. The maximum atomic E-state index is 12.2. The summed E-state index contributed by atoms with van der Waals surface area (Å²) in [6, 6.07) is 5.20. The highest BCUT2D eigenvalue weighted by atomic mass is 16.6. The highest BCUT2D eigenvalue weighted by Crippen LogP contribution is 2.23. The van der Waals surface area contributed by atoms with Crippen molar-refractivity contribution < 1.29 is 14.8 Å². The molecule has 0 heterocycles. The molecule has 2 rings (SSSR count). The van der Waals surface area contributed by atoms with Gasteiger partial charge in [-0.1, -0.05) is 18.9 Å². The van der Waals surface area contributed by atoms with E-state index in [4.69, 9.17) is 0 Å². The molecule has 1 aromatic rings. The number of nitro groups is 1. The van der Waals surface area contributed by atoms with Crippen molar-refractivity contribution in [1.29, 1.82) is 0 Å². The minimum absolute atomic E-state index is 0.0758. The van der Waals surface area contributed by atoms with Crippen LogP contribution in [0.15, 0.2) is 24.3 Å². The van der Waals surface area contributed by atoms with Gasteiger partial charge >= 0.3 is 6.03 Å². The van der Waals surface area contributed by atoms with E-state index in [1.165, 1.54) is 23.1 Å². The second kappa shape index (κ2) is 6.53. The quantitative estimate of drug-likeness (QED) is 0.660. The van der Waals surface area contributed by atoms with Crippen molar-refractivity contribution in [2.45, 2.75) is 37.8 Å². The molecular formula is C14H19N3O4. The lowest BCUT2D eigenvalue weighted by Gasteiger charge is -2.35. The van der Waals surface area contributed by atoms with Crippen LogP contribution < -0.4 is 5.32 Å². The Bertz CT molecular complexity index is 535. The van der Waals surface area contributed by atoms with Crippen LogP contribution >= 0.6 is 0 Å². The monoisotopic (exact) mass is 293 g/mol. The summed E-state index contributed by atoms with van der Waals surface area (Å²) in [5, 5.41) is 23.3. The van der Waals surface area contributed by atoms with E-state index in [0.29, 0.717) is 12.1 Å². The van der Waals surface area contributed by atoms with Gasteiger partial charge in [0.25, 0.3) is 5.69 Å². The normalized spacial score (nSPS) is 21.6. The van der Waals surface area contributed by atoms with Gasteiger partial charge in [-0.2, -0.15) is 0 Å². The Morgan fingerprint density at radius 3 is 2.81 bits per heavy atom. The molecule has 0 bridgehead atoms. The van der Waals surface area contributed by atoms with Gasteiger partial charge in [-0.25, -0.2) is 4.79 Å². The van der Waals surface area contributed by atoms with Crippen LogP contribution in [0.5, 0.6) is 0 Å². The number of hydrogen-bond acceptors (Lipinski definition) is 4. The molecule has 2 N–H and O–H groups in total. The van der Waals surface area contributed by atoms with E-state index in [0.717, 1.165) is 19.3 Å². The maximum absolute atomic E-state index is 12.2. The van der Waals surface area contributed by atoms with Crippen LogP contribution in [-0.2, 0) is 0 Å². The number of nitro benzene ring substituents is 1. The Morgan fingerprint density at radius 1 is 1.43 bits per heavy atom. The van der Waals surface area contributed by atoms with Crippen molar-refractivity contribution in [1.82, 2.24) is 4.90 Å². The number of rotatable bonds is 3. The van der Waals surface area contributed by atoms with Gasteiger partial charge in [0.2, 0.25) is 0 Å². The fourth-order valence-electron chi connectivity index (χ4n) is 2.60. The van der Waals surface area contributed by atoms with Crippen molar-refractivity contribution in [2.75, 3.05) is 12.4 Å². The molecule has 21 heavy (non-hydrogen) atoms. The largest absolute Gasteiger partial charge is 0.391 e. The molecule has 2 amide bonds. The van der Waals surface area contributed by atoms with Crippen LogP contribution in [0.3, 0.4) is 0 Å². The van der Waals surface area contributed by atoms with Crippen LogP contribution in [0.2, 0.25) is 0 Å². The van der Waals surface area contributed by atoms with E-state index in [1.54, 1.807) is 13.1 Å². The minimum atomic E-state index is -0.514. The first-order chi connectivity index (χ1) is 9.99. The van der Waals surface area contributed by atoms with Crippen molar-refractivity contribution in [3.05, 3.63) is 34.4 Å². The molecule has 0 spiro atoms. The lowest BCUT2D eigenvalue weighted by Crippen LogP contribution is -2.47.